The number of alkyl halides is 2. The van der Waals surface area contributed by atoms with Gasteiger partial charge in [-0.3, -0.25) is 4.79 Å². The third kappa shape index (κ3) is 4.24. The maximum absolute atomic E-state index is 12.9. The topological polar surface area (TPSA) is 46.9 Å². The minimum absolute atomic E-state index is 0.0498. The van der Waals surface area contributed by atoms with Crippen molar-refractivity contribution in [1.29, 1.82) is 0 Å². The van der Waals surface area contributed by atoms with Crippen LogP contribution in [0.25, 0.3) is 0 Å². The van der Waals surface area contributed by atoms with Crippen LogP contribution in [0.3, 0.4) is 0 Å². The van der Waals surface area contributed by atoms with Gasteiger partial charge in [0.05, 0.1) is 12.1 Å². The molecule has 0 atom stereocenters. The van der Waals surface area contributed by atoms with Gasteiger partial charge in [-0.1, -0.05) is 38.1 Å². The zero-order valence-electron chi connectivity index (χ0n) is 15.4. The van der Waals surface area contributed by atoms with E-state index in [9.17, 15) is 13.6 Å². The first kappa shape index (κ1) is 19.1. The molecule has 0 saturated carbocycles. The van der Waals surface area contributed by atoms with E-state index in [0.717, 1.165) is 0 Å². The van der Waals surface area contributed by atoms with Crippen molar-refractivity contribution in [3.63, 3.8) is 0 Å². The van der Waals surface area contributed by atoms with Gasteiger partial charge in [-0.05, 0) is 31.9 Å². The maximum Gasteiger partial charge on any atom is 0.333 e. The number of halogens is 2. The summed E-state index contributed by atoms with van der Waals surface area (Å²) in [5.74, 6) is -0.193. The summed E-state index contributed by atoms with van der Waals surface area (Å²) in [6.45, 7) is 7.16. The van der Waals surface area contributed by atoms with Crippen LogP contribution < -0.4 is 5.32 Å². The Labute approximate surface area is 147 Å². The van der Waals surface area contributed by atoms with E-state index in [1.807, 2.05) is 25.1 Å². The fraction of sp³-hybridized carbons (Fsp3) is 0.474. The van der Waals surface area contributed by atoms with Crippen LogP contribution in [0, 0.1) is 20.8 Å². The average Bonchev–Trinajstić information content (AvgIpc) is 2.81. The predicted molar refractivity (Wildman–Crippen MR) is 93.9 cm³/mol. The van der Waals surface area contributed by atoms with Gasteiger partial charge in [0.25, 0.3) is 0 Å². The molecule has 0 saturated heterocycles. The fourth-order valence-corrected chi connectivity index (χ4v) is 3.11. The van der Waals surface area contributed by atoms with Gasteiger partial charge in [0.15, 0.2) is 0 Å². The molecule has 0 aliphatic heterocycles. The summed E-state index contributed by atoms with van der Waals surface area (Å²) < 4.78 is 26.4. The van der Waals surface area contributed by atoms with E-state index in [1.165, 1.54) is 11.1 Å². The van der Waals surface area contributed by atoms with E-state index in [0.29, 0.717) is 28.2 Å². The van der Waals surface area contributed by atoms with E-state index < -0.39 is 6.55 Å². The molecule has 2 aromatic rings. The number of hydrogen-bond donors (Lipinski definition) is 1. The number of aryl methyl sites for hydroxylation is 2. The third-order valence-corrected chi connectivity index (χ3v) is 4.60. The van der Waals surface area contributed by atoms with Gasteiger partial charge in [-0.2, -0.15) is 13.9 Å². The van der Waals surface area contributed by atoms with Gasteiger partial charge in [-0.25, -0.2) is 4.68 Å². The molecular weight excluding hydrogens is 324 g/mol. The number of hydrogen-bond acceptors (Lipinski definition) is 2. The molecule has 1 aromatic carbocycles. The Bertz CT molecular complexity index is 766. The van der Waals surface area contributed by atoms with Crippen LogP contribution in [0.4, 0.5) is 8.78 Å². The van der Waals surface area contributed by atoms with Gasteiger partial charge < -0.3 is 5.32 Å². The Morgan fingerprint density at radius 2 is 1.88 bits per heavy atom. The molecule has 0 aliphatic rings. The molecular formula is C19H25F2N3O. The molecule has 25 heavy (non-hydrogen) atoms. The van der Waals surface area contributed by atoms with E-state index in [-0.39, 0.29) is 17.7 Å². The number of nitrogens with one attached hydrogen (secondary N) is 1. The molecule has 136 valence electrons. The Hall–Kier alpha value is -2.24. The quantitative estimate of drug-likeness (QED) is 0.861. The van der Waals surface area contributed by atoms with Gasteiger partial charge in [0.2, 0.25) is 5.91 Å². The van der Waals surface area contributed by atoms with Crippen LogP contribution in [0.1, 0.15) is 48.5 Å². The molecule has 0 radical (unpaired) electrons. The monoisotopic (exact) mass is 349 g/mol. The molecule has 1 N–H and O–H groups in total. The molecule has 0 bridgehead atoms. The molecule has 0 spiro atoms. The summed E-state index contributed by atoms with van der Waals surface area (Å²) in [6, 6.07) is 8.07. The molecule has 4 nitrogen and oxygen atoms in total. The van der Waals surface area contributed by atoms with Gasteiger partial charge in [0, 0.05) is 23.2 Å². The van der Waals surface area contributed by atoms with Crippen molar-refractivity contribution in [3.8, 4) is 0 Å². The molecule has 2 rings (SSSR count). The summed E-state index contributed by atoms with van der Waals surface area (Å²) in [4.78, 5) is 12.3. The molecule has 1 heterocycles. The largest absolute Gasteiger partial charge is 0.355 e. The third-order valence-electron chi connectivity index (χ3n) is 4.60. The minimum Gasteiger partial charge on any atom is -0.355 e. The summed E-state index contributed by atoms with van der Waals surface area (Å²) in [5.41, 5.74) is 3.48. The summed E-state index contributed by atoms with van der Waals surface area (Å²) in [5, 5.41) is 6.74. The van der Waals surface area contributed by atoms with Crippen molar-refractivity contribution >= 4 is 5.91 Å². The number of carbonyl (C=O) groups excluding carboxylic acids is 1. The highest BCUT2D eigenvalue weighted by molar-refractivity contribution is 5.79. The zero-order valence-corrected chi connectivity index (χ0v) is 15.4. The van der Waals surface area contributed by atoms with E-state index in [2.05, 4.69) is 30.3 Å². The molecule has 0 fully saturated rings. The standard InChI is InChI=1S/C19H25F2N3O/c1-12-8-6-7-9-16(12)19(4,5)11-22-17(25)10-15-13(2)23-24(14(15)3)18(20)21/h6-9,18H,10-11H2,1-5H3,(H,22,25). The molecule has 1 amide bonds. The van der Waals surface area contributed by atoms with Crippen LogP contribution in [0.5, 0.6) is 0 Å². The van der Waals surface area contributed by atoms with Crippen LogP contribution in [0.2, 0.25) is 0 Å². The van der Waals surface area contributed by atoms with Crippen molar-refractivity contribution in [2.45, 2.75) is 53.0 Å². The second-order valence-corrected chi connectivity index (χ2v) is 7.02. The first-order valence-corrected chi connectivity index (χ1v) is 8.29. The number of aromatic nitrogens is 2. The predicted octanol–water partition coefficient (Wildman–Crippen LogP) is 3.84. The lowest BCUT2D eigenvalue weighted by Gasteiger charge is -2.27. The summed E-state index contributed by atoms with van der Waals surface area (Å²) >= 11 is 0. The lowest BCUT2D eigenvalue weighted by atomic mass is 9.82. The van der Waals surface area contributed by atoms with E-state index in [4.69, 9.17) is 0 Å². The highest BCUT2D eigenvalue weighted by Gasteiger charge is 2.24. The zero-order chi connectivity index (χ0) is 18.8. The molecule has 0 aliphatic carbocycles. The smallest absolute Gasteiger partial charge is 0.333 e. The Balaban J connectivity index is 2.05. The van der Waals surface area contributed by atoms with Crippen LogP contribution in [0.15, 0.2) is 24.3 Å². The number of nitrogens with zero attached hydrogens (tertiary/aromatic N) is 2. The van der Waals surface area contributed by atoms with Crippen molar-refractivity contribution in [2.75, 3.05) is 6.54 Å². The molecule has 0 unspecified atom stereocenters. The van der Waals surface area contributed by atoms with E-state index in [1.54, 1.807) is 13.8 Å². The van der Waals surface area contributed by atoms with Gasteiger partial charge in [0.1, 0.15) is 0 Å². The molecule has 1 aromatic heterocycles. The number of amides is 1. The van der Waals surface area contributed by atoms with Crippen molar-refractivity contribution in [2.24, 2.45) is 0 Å². The van der Waals surface area contributed by atoms with Crippen LogP contribution >= 0.6 is 0 Å². The molecule has 6 heteroatoms. The highest BCUT2D eigenvalue weighted by Crippen LogP contribution is 2.25. The number of rotatable bonds is 6. The van der Waals surface area contributed by atoms with Gasteiger partial charge >= 0.3 is 6.55 Å². The van der Waals surface area contributed by atoms with Crippen LogP contribution in [-0.2, 0) is 16.6 Å². The second-order valence-electron chi connectivity index (χ2n) is 7.02. The summed E-state index contributed by atoms with van der Waals surface area (Å²) in [7, 11) is 0. The summed E-state index contributed by atoms with van der Waals surface area (Å²) in [6.07, 6.45) is 0.0498. The van der Waals surface area contributed by atoms with Gasteiger partial charge in [-0.15, -0.1) is 0 Å². The number of benzene rings is 1. The minimum atomic E-state index is -2.70. The second kappa shape index (κ2) is 7.33. The normalized spacial score (nSPS) is 11.8. The SMILES string of the molecule is Cc1ccccc1C(C)(C)CNC(=O)Cc1c(C)nn(C(F)F)c1C. The van der Waals surface area contributed by atoms with Crippen LogP contribution in [-0.4, -0.2) is 22.2 Å². The Kier molecular flexibility index (Phi) is 5.60. The fourth-order valence-electron chi connectivity index (χ4n) is 3.11. The first-order chi connectivity index (χ1) is 11.6. The lowest BCUT2D eigenvalue weighted by Crippen LogP contribution is -2.38. The highest BCUT2D eigenvalue weighted by atomic mass is 19.3. The first-order valence-electron chi connectivity index (χ1n) is 8.29. The van der Waals surface area contributed by atoms with Crippen molar-refractivity contribution < 1.29 is 13.6 Å². The van der Waals surface area contributed by atoms with E-state index >= 15 is 0 Å². The Morgan fingerprint density at radius 1 is 1.24 bits per heavy atom. The van der Waals surface area contributed by atoms with Crippen molar-refractivity contribution in [1.82, 2.24) is 15.1 Å². The number of carbonyl (C=O) groups is 1. The average molecular weight is 349 g/mol. The lowest BCUT2D eigenvalue weighted by molar-refractivity contribution is -0.120. The van der Waals surface area contributed by atoms with Crippen molar-refractivity contribution in [3.05, 3.63) is 52.3 Å². The maximum atomic E-state index is 12.9. The Morgan fingerprint density at radius 3 is 2.44 bits per heavy atom.